The van der Waals surface area contributed by atoms with Crippen molar-refractivity contribution >= 4 is 11.9 Å². The minimum atomic E-state index is -0.675. The van der Waals surface area contributed by atoms with Gasteiger partial charge in [0, 0.05) is 12.8 Å². The van der Waals surface area contributed by atoms with Crippen molar-refractivity contribution in [2.45, 2.75) is 379 Å². The monoisotopic (exact) mass is 1030 g/mol. The van der Waals surface area contributed by atoms with Crippen LogP contribution in [0.2, 0.25) is 0 Å². The molecule has 6 heteroatoms. The summed E-state index contributed by atoms with van der Waals surface area (Å²) in [5.74, 6) is -0.0516. The molecule has 0 radical (unpaired) electrons. The molecule has 73 heavy (non-hydrogen) atoms. The molecule has 0 bridgehead atoms. The molecule has 0 rings (SSSR count). The SMILES string of the molecule is CCCCC/C=C\C/C=C\CCCCCCCCCCCC(=O)OCCCCCCCCCCCCCCCC(=O)NC(CO)C(O)CCCCCCCCCCCCCCCCCCCCCCCCCC. The van der Waals surface area contributed by atoms with E-state index in [-0.39, 0.29) is 18.5 Å². The van der Waals surface area contributed by atoms with Crippen LogP contribution in [0, 0.1) is 0 Å². The number of esters is 1. The fourth-order valence-electron chi connectivity index (χ4n) is 10.4. The van der Waals surface area contributed by atoms with E-state index in [1.807, 2.05) is 0 Å². The number of nitrogens with one attached hydrogen (secondary N) is 1. The number of unbranched alkanes of at least 4 members (excludes halogenated alkanes) is 47. The summed E-state index contributed by atoms with van der Waals surface area (Å²) in [4.78, 5) is 24.7. The Morgan fingerprint density at radius 3 is 1.07 bits per heavy atom. The lowest BCUT2D eigenvalue weighted by molar-refractivity contribution is -0.143. The second kappa shape index (κ2) is 62.9. The van der Waals surface area contributed by atoms with Crippen LogP contribution in [0.5, 0.6) is 0 Å². The van der Waals surface area contributed by atoms with Gasteiger partial charge in [0.25, 0.3) is 0 Å². The van der Waals surface area contributed by atoms with Crippen LogP contribution < -0.4 is 5.32 Å². The second-order valence-corrected chi connectivity index (χ2v) is 22.8. The molecule has 0 aromatic carbocycles. The summed E-state index contributed by atoms with van der Waals surface area (Å²) in [5.41, 5.74) is 0. The van der Waals surface area contributed by atoms with Crippen molar-refractivity contribution in [1.29, 1.82) is 0 Å². The zero-order valence-electron chi connectivity index (χ0n) is 49.4. The summed E-state index contributed by atoms with van der Waals surface area (Å²) in [5, 5.41) is 23.4. The molecular formula is C67H129NO5. The van der Waals surface area contributed by atoms with Gasteiger partial charge in [-0.2, -0.15) is 0 Å². The van der Waals surface area contributed by atoms with Gasteiger partial charge < -0.3 is 20.3 Å². The summed E-state index contributed by atoms with van der Waals surface area (Å²) in [6.45, 7) is 4.93. The Balaban J connectivity index is 3.43. The average Bonchev–Trinajstić information content (AvgIpc) is 3.39. The number of carbonyl (C=O) groups is 2. The predicted molar refractivity (Wildman–Crippen MR) is 320 cm³/mol. The molecule has 0 aromatic heterocycles. The molecule has 0 saturated carbocycles. The Labute approximate surface area is 456 Å². The van der Waals surface area contributed by atoms with Crippen molar-refractivity contribution in [3.05, 3.63) is 24.3 Å². The number of carbonyl (C=O) groups excluding carboxylic acids is 2. The molecule has 0 aromatic rings. The third-order valence-electron chi connectivity index (χ3n) is 15.5. The molecule has 3 N–H and O–H groups in total. The largest absolute Gasteiger partial charge is 0.466 e. The number of aliphatic hydroxyl groups excluding tert-OH is 2. The van der Waals surface area contributed by atoms with Crippen LogP contribution in [0.4, 0.5) is 0 Å². The third-order valence-corrected chi connectivity index (χ3v) is 15.5. The zero-order valence-corrected chi connectivity index (χ0v) is 49.4. The van der Waals surface area contributed by atoms with Crippen molar-refractivity contribution in [2.24, 2.45) is 0 Å². The quantitative estimate of drug-likeness (QED) is 0.0320. The molecule has 432 valence electrons. The highest BCUT2D eigenvalue weighted by molar-refractivity contribution is 5.76. The normalized spacial score (nSPS) is 12.7. The maximum Gasteiger partial charge on any atom is 0.305 e. The molecule has 0 saturated heterocycles. The van der Waals surface area contributed by atoms with E-state index in [0.29, 0.717) is 25.9 Å². The van der Waals surface area contributed by atoms with Crippen molar-refractivity contribution in [3.8, 4) is 0 Å². The summed E-state index contributed by atoms with van der Waals surface area (Å²) < 4.78 is 5.49. The van der Waals surface area contributed by atoms with E-state index < -0.39 is 12.1 Å². The Morgan fingerprint density at radius 1 is 0.384 bits per heavy atom. The molecular weight excluding hydrogens is 899 g/mol. The molecule has 2 unspecified atom stereocenters. The maximum absolute atomic E-state index is 12.5. The first kappa shape index (κ1) is 71.3. The fraction of sp³-hybridized carbons (Fsp3) is 0.910. The lowest BCUT2D eigenvalue weighted by Crippen LogP contribution is -2.45. The number of aliphatic hydroxyl groups is 2. The summed E-state index contributed by atoms with van der Waals surface area (Å²) in [7, 11) is 0. The topological polar surface area (TPSA) is 95.9 Å². The number of hydrogen-bond acceptors (Lipinski definition) is 5. The summed E-state index contributed by atoms with van der Waals surface area (Å²) in [6, 6.07) is -0.553. The third kappa shape index (κ3) is 59.4. The van der Waals surface area contributed by atoms with Gasteiger partial charge in [0.2, 0.25) is 5.91 Å². The molecule has 0 heterocycles. The average molecular weight is 1030 g/mol. The first-order chi connectivity index (χ1) is 36.0. The lowest BCUT2D eigenvalue weighted by atomic mass is 10.0. The summed E-state index contributed by atoms with van der Waals surface area (Å²) >= 11 is 0. The van der Waals surface area contributed by atoms with Gasteiger partial charge in [0.05, 0.1) is 25.4 Å². The van der Waals surface area contributed by atoms with Gasteiger partial charge in [-0.15, -0.1) is 0 Å². The van der Waals surface area contributed by atoms with Crippen molar-refractivity contribution in [2.75, 3.05) is 13.2 Å². The Kier molecular flexibility index (Phi) is 61.4. The van der Waals surface area contributed by atoms with Gasteiger partial charge >= 0.3 is 5.97 Å². The second-order valence-electron chi connectivity index (χ2n) is 22.8. The minimum Gasteiger partial charge on any atom is -0.466 e. The van der Waals surface area contributed by atoms with Crippen LogP contribution in [-0.2, 0) is 14.3 Å². The summed E-state index contributed by atoms with van der Waals surface area (Å²) in [6.07, 6.45) is 77.6. The predicted octanol–water partition coefficient (Wildman–Crippen LogP) is 21.0. The van der Waals surface area contributed by atoms with E-state index in [4.69, 9.17) is 4.74 Å². The van der Waals surface area contributed by atoms with Gasteiger partial charge in [-0.1, -0.05) is 321 Å². The molecule has 0 aliphatic rings. The number of rotatable bonds is 62. The van der Waals surface area contributed by atoms with E-state index in [1.54, 1.807) is 0 Å². The van der Waals surface area contributed by atoms with E-state index in [0.717, 1.165) is 57.8 Å². The Morgan fingerprint density at radius 2 is 0.685 bits per heavy atom. The van der Waals surface area contributed by atoms with Crippen LogP contribution in [0.25, 0.3) is 0 Å². The highest BCUT2D eigenvalue weighted by Crippen LogP contribution is 2.18. The van der Waals surface area contributed by atoms with E-state index >= 15 is 0 Å². The van der Waals surface area contributed by atoms with Crippen molar-refractivity contribution < 1.29 is 24.5 Å². The van der Waals surface area contributed by atoms with E-state index in [2.05, 4.69) is 43.5 Å². The van der Waals surface area contributed by atoms with Crippen LogP contribution in [0.1, 0.15) is 367 Å². The highest BCUT2D eigenvalue weighted by atomic mass is 16.5. The Hall–Kier alpha value is -1.66. The molecule has 1 amide bonds. The first-order valence-corrected chi connectivity index (χ1v) is 33.1. The number of amides is 1. The number of allylic oxidation sites excluding steroid dienone is 4. The van der Waals surface area contributed by atoms with Gasteiger partial charge in [-0.3, -0.25) is 9.59 Å². The molecule has 0 spiro atoms. The van der Waals surface area contributed by atoms with Gasteiger partial charge in [-0.05, 0) is 57.8 Å². The van der Waals surface area contributed by atoms with Crippen molar-refractivity contribution in [3.63, 3.8) is 0 Å². The van der Waals surface area contributed by atoms with Gasteiger partial charge in [0.15, 0.2) is 0 Å². The van der Waals surface area contributed by atoms with Gasteiger partial charge in [-0.25, -0.2) is 0 Å². The lowest BCUT2D eigenvalue weighted by Gasteiger charge is -2.22. The highest BCUT2D eigenvalue weighted by Gasteiger charge is 2.20. The van der Waals surface area contributed by atoms with Crippen LogP contribution in [0.3, 0.4) is 0 Å². The Bertz CT molecular complexity index is 1140. The first-order valence-electron chi connectivity index (χ1n) is 33.1. The van der Waals surface area contributed by atoms with E-state index in [9.17, 15) is 19.8 Å². The van der Waals surface area contributed by atoms with Crippen molar-refractivity contribution in [1.82, 2.24) is 5.32 Å². The van der Waals surface area contributed by atoms with Crippen LogP contribution >= 0.6 is 0 Å². The molecule has 0 aliphatic carbocycles. The zero-order chi connectivity index (χ0) is 52.9. The standard InChI is InChI=1S/C67H129NO5/c1-3-5-7-9-11-13-15-17-19-21-23-24-25-26-27-29-30-32-35-39-43-47-51-55-59-65(70)64(63-69)68-66(71)60-56-52-48-44-40-36-34-38-42-46-50-54-58-62-73-67(72)61-57-53-49-45-41-37-33-31-28-22-20-18-16-14-12-10-8-6-4-2/h12,14,18,20,64-65,69-70H,3-11,13,15-17,19,21-63H2,1-2H3,(H,68,71)/b14-12-,20-18-. The van der Waals surface area contributed by atoms with Crippen LogP contribution in [0.15, 0.2) is 24.3 Å². The molecule has 0 fully saturated rings. The fourth-order valence-corrected chi connectivity index (χ4v) is 10.4. The van der Waals surface area contributed by atoms with Crippen LogP contribution in [-0.4, -0.2) is 47.4 Å². The molecule has 0 aliphatic heterocycles. The van der Waals surface area contributed by atoms with Gasteiger partial charge in [0.1, 0.15) is 0 Å². The smallest absolute Gasteiger partial charge is 0.305 e. The van der Waals surface area contributed by atoms with E-state index in [1.165, 1.54) is 276 Å². The molecule has 2 atom stereocenters. The maximum atomic E-state index is 12.5. The number of ether oxygens (including phenoxy) is 1. The minimum absolute atomic E-state index is 0.00785. The number of hydrogen-bond donors (Lipinski definition) is 3. The molecule has 6 nitrogen and oxygen atoms in total.